The molecule has 14 heavy (non-hydrogen) atoms. The zero-order valence-electron chi connectivity index (χ0n) is 9.12. The van der Waals surface area contributed by atoms with Crippen molar-refractivity contribution in [2.45, 2.75) is 51.6 Å². The van der Waals surface area contributed by atoms with Gasteiger partial charge in [0.15, 0.2) is 0 Å². The largest absolute Gasteiger partial charge is 0.390 e. The lowest BCUT2D eigenvalue weighted by Crippen LogP contribution is -2.30. The predicted molar refractivity (Wildman–Crippen MR) is 62.8 cm³/mol. The van der Waals surface area contributed by atoms with Crippen molar-refractivity contribution in [3.05, 3.63) is 22.4 Å². The van der Waals surface area contributed by atoms with Gasteiger partial charge in [-0.25, -0.2) is 0 Å². The SMILES string of the molecule is CCCC(O)(CCC)Cc1ccsc1. The second-order valence-corrected chi connectivity index (χ2v) is 4.81. The smallest absolute Gasteiger partial charge is 0.0688 e. The maximum atomic E-state index is 10.4. The Hall–Kier alpha value is -0.340. The Kier molecular flexibility index (Phi) is 4.63. The van der Waals surface area contributed by atoms with E-state index in [-0.39, 0.29) is 0 Å². The molecule has 0 saturated heterocycles. The Bertz CT molecular complexity index is 235. The summed E-state index contributed by atoms with van der Waals surface area (Å²) in [6.07, 6.45) is 4.76. The molecule has 0 fully saturated rings. The monoisotopic (exact) mass is 212 g/mol. The van der Waals surface area contributed by atoms with E-state index in [2.05, 4.69) is 30.7 Å². The van der Waals surface area contributed by atoms with Crippen molar-refractivity contribution in [3.8, 4) is 0 Å². The highest BCUT2D eigenvalue weighted by Crippen LogP contribution is 2.25. The van der Waals surface area contributed by atoms with E-state index in [9.17, 15) is 5.11 Å². The molecule has 0 bridgehead atoms. The molecular weight excluding hydrogens is 192 g/mol. The van der Waals surface area contributed by atoms with Crippen LogP contribution >= 0.6 is 11.3 Å². The van der Waals surface area contributed by atoms with E-state index in [0.29, 0.717) is 0 Å². The highest BCUT2D eigenvalue weighted by atomic mass is 32.1. The molecule has 0 amide bonds. The Morgan fingerprint density at radius 3 is 2.36 bits per heavy atom. The topological polar surface area (TPSA) is 20.2 Å². The third-order valence-electron chi connectivity index (χ3n) is 2.54. The molecule has 1 N–H and O–H groups in total. The van der Waals surface area contributed by atoms with Crippen molar-refractivity contribution >= 4 is 11.3 Å². The van der Waals surface area contributed by atoms with Crippen LogP contribution in [0.4, 0.5) is 0 Å². The first-order valence-corrected chi connectivity index (χ1v) is 6.38. The quantitative estimate of drug-likeness (QED) is 0.763. The summed E-state index contributed by atoms with van der Waals surface area (Å²) in [5.41, 5.74) is 0.810. The minimum Gasteiger partial charge on any atom is -0.390 e. The van der Waals surface area contributed by atoms with Gasteiger partial charge in [-0.3, -0.25) is 0 Å². The van der Waals surface area contributed by atoms with Crippen molar-refractivity contribution in [1.82, 2.24) is 0 Å². The first-order chi connectivity index (χ1) is 6.70. The molecule has 0 unspecified atom stereocenters. The molecule has 0 atom stereocenters. The van der Waals surface area contributed by atoms with E-state index in [4.69, 9.17) is 0 Å². The van der Waals surface area contributed by atoms with Crippen LogP contribution in [0.5, 0.6) is 0 Å². The van der Waals surface area contributed by atoms with Gasteiger partial charge < -0.3 is 5.11 Å². The number of rotatable bonds is 6. The highest BCUT2D eigenvalue weighted by Gasteiger charge is 2.24. The first-order valence-electron chi connectivity index (χ1n) is 5.43. The third-order valence-corrected chi connectivity index (χ3v) is 3.28. The Balaban J connectivity index is 2.58. The molecule has 1 nitrogen and oxygen atoms in total. The zero-order chi connectivity index (χ0) is 10.4. The molecule has 2 heteroatoms. The lowest BCUT2D eigenvalue weighted by molar-refractivity contribution is 0.0217. The van der Waals surface area contributed by atoms with Crippen LogP contribution in [0.15, 0.2) is 16.8 Å². The van der Waals surface area contributed by atoms with Crippen molar-refractivity contribution in [3.63, 3.8) is 0 Å². The van der Waals surface area contributed by atoms with Gasteiger partial charge in [-0.2, -0.15) is 11.3 Å². The molecule has 0 aliphatic rings. The number of hydrogen-bond donors (Lipinski definition) is 1. The maximum absolute atomic E-state index is 10.4. The number of thiophene rings is 1. The zero-order valence-corrected chi connectivity index (χ0v) is 9.94. The van der Waals surface area contributed by atoms with E-state index in [0.717, 1.165) is 32.1 Å². The summed E-state index contributed by atoms with van der Waals surface area (Å²) >= 11 is 1.71. The second kappa shape index (κ2) is 5.52. The van der Waals surface area contributed by atoms with Gasteiger partial charge in [0.25, 0.3) is 0 Å². The van der Waals surface area contributed by atoms with Crippen molar-refractivity contribution in [2.75, 3.05) is 0 Å². The molecule has 0 aliphatic carbocycles. The molecule has 1 aromatic heterocycles. The van der Waals surface area contributed by atoms with E-state index >= 15 is 0 Å². The molecular formula is C12H20OS. The summed E-state index contributed by atoms with van der Waals surface area (Å²) < 4.78 is 0. The average molecular weight is 212 g/mol. The van der Waals surface area contributed by atoms with Crippen molar-refractivity contribution in [1.29, 1.82) is 0 Å². The normalized spacial score (nSPS) is 11.9. The van der Waals surface area contributed by atoms with Gasteiger partial charge in [-0.15, -0.1) is 0 Å². The summed E-state index contributed by atoms with van der Waals surface area (Å²) in [4.78, 5) is 0. The van der Waals surface area contributed by atoms with Crippen LogP contribution in [-0.2, 0) is 6.42 Å². The number of aliphatic hydroxyl groups is 1. The van der Waals surface area contributed by atoms with Crippen molar-refractivity contribution < 1.29 is 5.11 Å². The van der Waals surface area contributed by atoms with Crippen LogP contribution in [0.2, 0.25) is 0 Å². The highest BCUT2D eigenvalue weighted by molar-refractivity contribution is 7.07. The summed E-state index contributed by atoms with van der Waals surface area (Å²) in [7, 11) is 0. The van der Waals surface area contributed by atoms with Gasteiger partial charge in [-0.1, -0.05) is 26.7 Å². The van der Waals surface area contributed by atoms with Gasteiger partial charge >= 0.3 is 0 Å². The van der Waals surface area contributed by atoms with Gasteiger partial charge in [0.2, 0.25) is 0 Å². The fourth-order valence-electron chi connectivity index (χ4n) is 2.01. The number of hydrogen-bond acceptors (Lipinski definition) is 2. The van der Waals surface area contributed by atoms with Gasteiger partial charge in [0.1, 0.15) is 0 Å². The maximum Gasteiger partial charge on any atom is 0.0688 e. The summed E-state index contributed by atoms with van der Waals surface area (Å²) in [6, 6.07) is 2.11. The average Bonchev–Trinajstić information content (AvgIpc) is 2.57. The molecule has 0 aliphatic heterocycles. The fraction of sp³-hybridized carbons (Fsp3) is 0.667. The van der Waals surface area contributed by atoms with Gasteiger partial charge in [0.05, 0.1) is 5.60 Å². The minimum atomic E-state index is -0.468. The van der Waals surface area contributed by atoms with E-state index in [1.54, 1.807) is 11.3 Å². The molecule has 0 spiro atoms. The summed E-state index contributed by atoms with van der Waals surface area (Å²) in [5.74, 6) is 0. The van der Waals surface area contributed by atoms with E-state index in [1.165, 1.54) is 5.56 Å². The first kappa shape index (κ1) is 11.7. The molecule has 0 saturated carbocycles. The summed E-state index contributed by atoms with van der Waals surface area (Å²) in [6.45, 7) is 4.27. The Morgan fingerprint density at radius 2 is 1.93 bits per heavy atom. The standard InChI is InChI=1S/C12H20OS/c1-3-6-12(13,7-4-2)9-11-5-8-14-10-11/h5,8,10,13H,3-4,6-7,9H2,1-2H3. The fourth-order valence-corrected chi connectivity index (χ4v) is 2.67. The second-order valence-electron chi connectivity index (χ2n) is 4.03. The van der Waals surface area contributed by atoms with Crippen LogP contribution in [0, 0.1) is 0 Å². The minimum absolute atomic E-state index is 0.468. The van der Waals surface area contributed by atoms with Crippen molar-refractivity contribution in [2.24, 2.45) is 0 Å². The third kappa shape index (κ3) is 3.43. The van der Waals surface area contributed by atoms with Crippen LogP contribution in [0.25, 0.3) is 0 Å². The van der Waals surface area contributed by atoms with Crippen LogP contribution in [-0.4, -0.2) is 10.7 Å². The van der Waals surface area contributed by atoms with Gasteiger partial charge in [0, 0.05) is 6.42 Å². The summed E-state index contributed by atoms with van der Waals surface area (Å²) in [5, 5.41) is 14.6. The lowest BCUT2D eigenvalue weighted by Gasteiger charge is -2.27. The van der Waals surface area contributed by atoms with Crippen LogP contribution < -0.4 is 0 Å². The van der Waals surface area contributed by atoms with Gasteiger partial charge in [-0.05, 0) is 35.2 Å². The van der Waals surface area contributed by atoms with Crippen LogP contribution in [0.1, 0.15) is 45.1 Å². The molecule has 80 valence electrons. The van der Waals surface area contributed by atoms with Crippen LogP contribution in [0.3, 0.4) is 0 Å². The molecule has 0 radical (unpaired) electrons. The lowest BCUT2D eigenvalue weighted by atomic mass is 9.87. The van der Waals surface area contributed by atoms with E-state index < -0.39 is 5.60 Å². The molecule has 1 heterocycles. The molecule has 1 aromatic rings. The molecule has 1 rings (SSSR count). The Morgan fingerprint density at radius 1 is 1.29 bits per heavy atom. The van der Waals surface area contributed by atoms with E-state index in [1.807, 2.05) is 0 Å². The molecule has 0 aromatic carbocycles. The predicted octanol–water partition coefficient (Wildman–Crippen LogP) is 3.62. The Labute approximate surface area is 90.8 Å².